The van der Waals surface area contributed by atoms with Gasteiger partial charge in [0.05, 0.1) is 0 Å². The van der Waals surface area contributed by atoms with Crippen LogP contribution in [0.3, 0.4) is 0 Å². The van der Waals surface area contributed by atoms with E-state index in [1.165, 1.54) is 13.8 Å². The number of hydrogen-bond donors (Lipinski definition) is 8. The Morgan fingerprint density at radius 3 is 1.40 bits per heavy atom. The second-order valence-electron chi connectivity index (χ2n) is 18.7. The van der Waals surface area contributed by atoms with E-state index in [0.29, 0.717) is 5.56 Å². The van der Waals surface area contributed by atoms with Crippen molar-refractivity contribution in [2.75, 3.05) is 31.3 Å². The monoisotopic (exact) mass is 1070 g/mol. The van der Waals surface area contributed by atoms with Crippen molar-refractivity contribution in [3.8, 4) is 11.1 Å². The van der Waals surface area contributed by atoms with E-state index in [2.05, 4.69) is 42.5 Å². The second kappa shape index (κ2) is 26.7. The van der Waals surface area contributed by atoms with Crippen LogP contribution in [0.4, 0.5) is 9.59 Å². The minimum atomic E-state index is -1.66. The number of amides is 8. The summed E-state index contributed by atoms with van der Waals surface area (Å²) in [7, 11) is 2.02. The van der Waals surface area contributed by atoms with Crippen molar-refractivity contribution in [2.45, 2.75) is 102 Å². The molecule has 2 saturated heterocycles. The van der Waals surface area contributed by atoms with Crippen LogP contribution in [0.25, 0.3) is 11.1 Å². The molecule has 22 nitrogen and oxygen atoms in total. The number of ether oxygens (including phenoxy) is 4. The Balaban J connectivity index is 1.26. The summed E-state index contributed by atoms with van der Waals surface area (Å²) in [6.07, 6.45) is -2.12. The first-order valence-corrected chi connectivity index (χ1v) is 26.8. The third kappa shape index (κ3) is 15.6. The van der Waals surface area contributed by atoms with E-state index in [9.17, 15) is 47.9 Å². The molecule has 24 heteroatoms. The predicted octanol–water partition coefficient (Wildman–Crippen LogP) is 1.94. The average Bonchev–Trinajstić information content (AvgIpc) is 3.71. The largest absolute Gasteiger partial charge is 0.461 e. The second-order valence-corrected chi connectivity index (χ2v) is 21.2. The van der Waals surface area contributed by atoms with Crippen LogP contribution >= 0.6 is 21.6 Å². The predicted molar refractivity (Wildman–Crippen MR) is 275 cm³/mol. The molecule has 8 amide bonds. The van der Waals surface area contributed by atoms with Crippen molar-refractivity contribution in [1.82, 2.24) is 42.5 Å². The van der Waals surface area contributed by atoms with Gasteiger partial charge in [-0.05, 0) is 53.5 Å². The van der Waals surface area contributed by atoms with E-state index in [1.54, 1.807) is 58.0 Å². The molecule has 3 aliphatic rings. The van der Waals surface area contributed by atoms with E-state index < -0.39 is 133 Å². The minimum Gasteiger partial charge on any atom is -0.461 e. The van der Waals surface area contributed by atoms with Crippen molar-refractivity contribution < 1.29 is 66.9 Å². The SMILES string of the molecule is CC(C)[C@@H]1NC(=O)[C@@H]2CSSC[C@H](NC(=O)[C@H](C)NC(=O)[C@H](NC(=O)OCC3c4ccccc4-c4ccccc43)COC1=O)C(=O)N[C@@H](C(C)C)C(=O)OC[C@@H](NC(=O)OCc1ccccc1)C(=O)N[C@@H](C)C(=O)N2. The molecule has 2 aliphatic heterocycles. The smallest absolute Gasteiger partial charge is 0.408 e. The minimum absolute atomic E-state index is 0.129. The molecule has 8 N–H and O–H groups in total. The molecule has 0 spiro atoms. The Labute approximate surface area is 441 Å². The lowest BCUT2D eigenvalue weighted by molar-refractivity contribution is -0.152. The first kappa shape index (κ1) is 56.9. The summed E-state index contributed by atoms with van der Waals surface area (Å²) < 4.78 is 22.1. The van der Waals surface area contributed by atoms with Crippen molar-refractivity contribution in [1.29, 1.82) is 0 Å². The lowest BCUT2D eigenvalue weighted by Gasteiger charge is -2.28. The van der Waals surface area contributed by atoms with Gasteiger partial charge in [0.2, 0.25) is 35.4 Å². The molecule has 3 aromatic rings. The number of fused-ring (bicyclic) bond motifs is 8. The third-order valence-electron chi connectivity index (χ3n) is 12.3. The number of hydrogen-bond acceptors (Lipinski definition) is 16. The molecule has 2 heterocycles. The van der Waals surface area contributed by atoms with Crippen molar-refractivity contribution in [3.63, 3.8) is 0 Å². The Morgan fingerprint density at radius 2 is 0.960 bits per heavy atom. The molecular weight excluding hydrogens is 1010 g/mol. The van der Waals surface area contributed by atoms with Gasteiger partial charge in [-0.15, -0.1) is 0 Å². The molecule has 0 radical (unpaired) electrons. The highest BCUT2D eigenvalue weighted by atomic mass is 33.1. The summed E-state index contributed by atoms with van der Waals surface area (Å²) in [5, 5.41) is 20.1. The summed E-state index contributed by atoms with van der Waals surface area (Å²) in [6, 6.07) is 12.3. The Hall–Kier alpha value is -7.34. The lowest BCUT2D eigenvalue weighted by Crippen LogP contribution is -2.60. The van der Waals surface area contributed by atoms with Crippen LogP contribution in [-0.2, 0) is 63.9 Å². The molecule has 0 unspecified atom stereocenters. The zero-order valence-electron chi connectivity index (χ0n) is 42.1. The fraction of sp³-hybridized carbons (Fsp3) is 0.451. The first-order valence-electron chi connectivity index (χ1n) is 24.3. The quantitative estimate of drug-likeness (QED) is 0.0909. The van der Waals surface area contributed by atoms with E-state index in [-0.39, 0.29) is 30.6 Å². The van der Waals surface area contributed by atoms with Crippen LogP contribution in [0.1, 0.15) is 64.2 Å². The van der Waals surface area contributed by atoms with E-state index in [4.69, 9.17) is 18.9 Å². The molecular formula is C51H62N8O14S2. The van der Waals surface area contributed by atoms with Gasteiger partial charge < -0.3 is 61.5 Å². The zero-order valence-corrected chi connectivity index (χ0v) is 43.8. The maximum Gasteiger partial charge on any atom is 0.408 e. The maximum absolute atomic E-state index is 14.1. The van der Waals surface area contributed by atoms with Gasteiger partial charge in [-0.3, -0.25) is 28.8 Å². The molecule has 2 bridgehead atoms. The Morgan fingerprint density at radius 1 is 0.547 bits per heavy atom. The Kier molecular flexibility index (Phi) is 20.3. The number of carbonyl (C=O) groups is 10. The highest BCUT2D eigenvalue weighted by molar-refractivity contribution is 8.76. The van der Waals surface area contributed by atoms with Crippen LogP contribution < -0.4 is 42.5 Å². The van der Waals surface area contributed by atoms with Crippen LogP contribution in [-0.4, -0.2) is 139 Å². The number of benzene rings is 3. The normalized spacial score (nSPS) is 24.7. The van der Waals surface area contributed by atoms with Crippen LogP contribution in [0, 0.1) is 11.8 Å². The van der Waals surface area contributed by atoms with E-state index >= 15 is 0 Å². The molecule has 0 aromatic heterocycles. The first-order chi connectivity index (χ1) is 35.8. The molecule has 3 aromatic carbocycles. The molecule has 8 atom stereocenters. The van der Waals surface area contributed by atoms with Gasteiger partial charge in [-0.25, -0.2) is 19.2 Å². The number of rotatable bonds is 8. The molecule has 6 rings (SSSR count). The molecule has 1 aliphatic carbocycles. The molecule has 2 fully saturated rings. The number of nitrogens with one attached hydrogen (secondary N) is 8. The van der Waals surface area contributed by atoms with E-state index in [1.807, 2.05) is 48.5 Å². The van der Waals surface area contributed by atoms with Crippen LogP contribution in [0.5, 0.6) is 0 Å². The topological polar surface area (TPSA) is 304 Å². The highest BCUT2D eigenvalue weighted by Crippen LogP contribution is 2.44. The fourth-order valence-corrected chi connectivity index (χ4v) is 10.3. The summed E-state index contributed by atoms with van der Waals surface area (Å²) in [4.78, 5) is 138. The number of esters is 2. The molecule has 0 saturated carbocycles. The summed E-state index contributed by atoms with van der Waals surface area (Å²) in [5.41, 5.74) is 4.45. The van der Waals surface area contributed by atoms with Gasteiger partial charge in [0.1, 0.15) is 74.8 Å². The van der Waals surface area contributed by atoms with Crippen LogP contribution in [0.2, 0.25) is 0 Å². The molecule has 75 heavy (non-hydrogen) atoms. The average molecular weight is 1080 g/mol. The number of carbonyl (C=O) groups excluding carboxylic acids is 10. The van der Waals surface area contributed by atoms with Gasteiger partial charge in [-0.2, -0.15) is 0 Å². The van der Waals surface area contributed by atoms with Gasteiger partial charge in [-0.1, -0.05) is 128 Å². The number of cyclic esters (lactones) is 2. The van der Waals surface area contributed by atoms with Gasteiger partial charge in [0.25, 0.3) is 0 Å². The van der Waals surface area contributed by atoms with E-state index in [0.717, 1.165) is 43.8 Å². The van der Waals surface area contributed by atoms with Crippen molar-refractivity contribution in [2.24, 2.45) is 11.8 Å². The standard InChI is InChI=1S/C51H62N8O14S2/c1-26(2)40-48(66)70-22-36(56-50(68)72-20-30-14-8-7-9-15-30)44(62)52-28(5)42(60)54-38-24-74-75-25-39(46(64)58-40)55-43(61)29(6)53-45(63)37(23-71-49(67)41(27(3)4)59-47(38)65)57-51(69)73-21-35-33-18-12-10-16-31(33)32-17-11-13-19-34(32)35/h7-19,26-29,35-41H,20-25H2,1-6H3,(H,52,62)(H,53,63)(H,54,60)(H,55,61)(H,56,68)(H,57,69)(H,58,64)(H,59,65)/t28-,29-,36+,37+,38-,39-,40-,41-/m0/s1. The zero-order chi connectivity index (χ0) is 54.3. The fourth-order valence-electron chi connectivity index (χ4n) is 8.02. The summed E-state index contributed by atoms with van der Waals surface area (Å²) in [6.45, 7) is 7.13. The van der Waals surface area contributed by atoms with Gasteiger partial charge >= 0.3 is 24.1 Å². The van der Waals surface area contributed by atoms with Crippen LogP contribution in [0.15, 0.2) is 78.9 Å². The summed E-state index contributed by atoms with van der Waals surface area (Å²) >= 11 is 0. The van der Waals surface area contributed by atoms with Crippen molar-refractivity contribution >= 4 is 81.2 Å². The third-order valence-corrected chi connectivity index (χ3v) is 14.7. The number of alkyl carbamates (subject to hydrolysis) is 2. The Bertz CT molecular complexity index is 2560. The van der Waals surface area contributed by atoms with Crippen molar-refractivity contribution in [3.05, 3.63) is 95.6 Å². The lowest BCUT2D eigenvalue weighted by atomic mass is 9.98. The molecule has 402 valence electrons. The van der Waals surface area contributed by atoms with Gasteiger partial charge in [0, 0.05) is 17.4 Å². The maximum atomic E-state index is 14.1. The highest BCUT2D eigenvalue weighted by Gasteiger charge is 2.37. The van der Waals surface area contributed by atoms with Gasteiger partial charge in [0.15, 0.2) is 0 Å². The summed E-state index contributed by atoms with van der Waals surface area (Å²) in [5.74, 6) is -9.48.